The lowest BCUT2D eigenvalue weighted by molar-refractivity contribution is -0.192. The zero-order valence-corrected chi connectivity index (χ0v) is 26.5. The number of primary amides is 1. The highest BCUT2D eigenvalue weighted by Crippen LogP contribution is 2.24. The van der Waals surface area contributed by atoms with Crippen molar-refractivity contribution >= 4 is 41.2 Å². The van der Waals surface area contributed by atoms with Crippen LogP contribution in [0.2, 0.25) is 0 Å². The van der Waals surface area contributed by atoms with Crippen molar-refractivity contribution in [2.24, 2.45) is 5.73 Å². The number of nitrogens with two attached hydrogens (primary N) is 1. The summed E-state index contributed by atoms with van der Waals surface area (Å²) < 4.78 is 69.2. The first kappa shape index (κ1) is 40.1. The second kappa shape index (κ2) is 19.0. The van der Waals surface area contributed by atoms with E-state index in [2.05, 4.69) is 10.2 Å². The van der Waals surface area contributed by atoms with Crippen LogP contribution in [0.5, 0.6) is 0 Å². The summed E-state index contributed by atoms with van der Waals surface area (Å²) in [6, 6.07) is 17.1. The molecule has 0 aliphatic carbocycles. The van der Waals surface area contributed by atoms with Gasteiger partial charge in [-0.2, -0.15) is 38.1 Å². The fraction of sp³-hybridized carbons (Fsp3) is 0.452. The first-order valence-corrected chi connectivity index (χ1v) is 15.8. The van der Waals surface area contributed by atoms with Gasteiger partial charge in [0.2, 0.25) is 17.6 Å². The van der Waals surface area contributed by atoms with Crippen molar-refractivity contribution in [3.63, 3.8) is 0 Å². The molecule has 48 heavy (non-hydrogen) atoms. The summed E-state index contributed by atoms with van der Waals surface area (Å²) in [7, 11) is 0. The van der Waals surface area contributed by atoms with Crippen LogP contribution in [-0.4, -0.2) is 100.0 Å². The van der Waals surface area contributed by atoms with Crippen LogP contribution in [0.15, 0.2) is 60.7 Å². The Morgan fingerprint density at radius 1 is 0.917 bits per heavy atom. The summed E-state index contributed by atoms with van der Waals surface area (Å²) in [5, 5.41) is 9.74. The van der Waals surface area contributed by atoms with Gasteiger partial charge in [-0.1, -0.05) is 48.5 Å². The molecule has 10 nitrogen and oxygen atoms in total. The Hall–Kier alpha value is -4.12. The number of nitrogens with one attached hydrogen (secondary N) is 1. The van der Waals surface area contributed by atoms with Gasteiger partial charge in [-0.25, -0.2) is 4.79 Å². The summed E-state index contributed by atoms with van der Waals surface area (Å²) in [6.45, 7) is 1.78. The maximum absolute atomic E-state index is 13.5. The molecule has 1 fully saturated rings. The van der Waals surface area contributed by atoms with Crippen molar-refractivity contribution in [3.05, 3.63) is 71.8 Å². The number of rotatable bonds is 14. The first-order chi connectivity index (χ1) is 22.5. The lowest BCUT2D eigenvalue weighted by Crippen LogP contribution is -2.57. The molecule has 2 aromatic rings. The van der Waals surface area contributed by atoms with Gasteiger partial charge in [-0.05, 0) is 49.1 Å². The number of halogens is 6. The molecule has 0 bridgehead atoms. The van der Waals surface area contributed by atoms with Crippen molar-refractivity contribution in [1.29, 1.82) is 0 Å². The van der Waals surface area contributed by atoms with Crippen LogP contribution in [0.3, 0.4) is 0 Å². The smallest absolute Gasteiger partial charge is 0.475 e. The van der Waals surface area contributed by atoms with Gasteiger partial charge in [0, 0.05) is 31.2 Å². The van der Waals surface area contributed by atoms with Gasteiger partial charge in [-0.3, -0.25) is 24.1 Å². The highest BCUT2D eigenvalue weighted by Gasteiger charge is 2.39. The maximum atomic E-state index is 13.5. The van der Waals surface area contributed by atoms with Gasteiger partial charge >= 0.3 is 18.3 Å². The Morgan fingerprint density at radius 2 is 1.46 bits per heavy atom. The molecule has 264 valence electrons. The molecule has 0 unspecified atom stereocenters. The minimum absolute atomic E-state index is 0.130. The maximum Gasteiger partial charge on any atom is 0.490 e. The number of benzene rings is 2. The van der Waals surface area contributed by atoms with Crippen LogP contribution in [0.4, 0.5) is 26.3 Å². The topological polar surface area (TPSA) is 150 Å². The number of carboxylic acid groups (broad SMARTS) is 1. The second-order valence-electron chi connectivity index (χ2n) is 10.7. The van der Waals surface area contributed by atoms with E-state index in [-0.39, 0.29) is 31.2 Å². The van der Waals surface area contributed by atoms with Gasteiger partial charge in [0.25, 0.3) is 5.91 Å². The number of hydrogen-bond acceptors (Lipinski definition) is 7. The van der Waals surface area contributed by atoms with Crippen LogP contribution in [0.25, 0.3) is 0 Å². The molecule has 1 atom stereocenters. The quantitative estimate of drug-likeness (QED) is 0.197. The molecule has 2 aromatic carbocycles. The van der Waals surface area contributed by atoms with Crippen molar-refractivity contribution < 1.29 is 55.4 Å². The number of alkyl halides is 6. The number of amides is 3. The first-order valence-electron chi connectivity index (χ1n) is 14.7. The summed E-state index contributed by atoms with van der Waals surface area (Å²) in [6.07, 6.45) is -8.39. The largest absolute Gasteiger partial charge is 0.490 e. The Balaban J connectivity index is 0.00000103. The Kier molecular flexibility index (Phi) is 15.9. The Morgan fingerprint density at radius 3 is 1.96 bits per heavy atom. The number of carbonyl (C=O) groups excluding carboxylic acids is 4. The summed E-state index contributed by atoms with van der Waals surface area (Å²) in [4.78, 5) is 62.4. The van der Waals surface area contributed by atoms with E-state index in [1.54, 1.807) is 30.3 Å². The van der Waals surface area contributed by atoms with Crippen molar-refractivity contribution in [1.82, 2.24) is 15.1 Å². The standard InChI is InChI=1S/C29H35F3N4O4S.C2HF3O2/c30-29(31,32)25(37)20-41-17-7-12-24(27(33)39)36(26(38)18-34-28(40)22-10-5-2-6-11-22)23-13-15-35(16-14-23)19-21-8-3-1-4-9-21;3-2(4,5)1(6)7/h1-6,8-11,23-24H,7,12-20H2,(H2,33,39)(H,34,40);(H,6,7)/t24-;/m0./s1. The normalized spacial score (nSPS) is 14.6. The minimum Gasteiger partial charge on any atom is -0.475 e. The lowest BCUT2D eigenvalue weighted by Gasteiger charge is -2.41. The fourth-order valence-corrected chi connectivity index (χ4v) is 5.68. The number of likely N-dealkylation sites (tertiary alicyclic amines) is 1. The number of hydrogen-bond donors (Lipinski definition) is 3. The number of ketones is 1. The number of Topliss-reactive ketones (excluding diaryl/α,β-unsaturated/α-hetero) is 1. The molecule has 0 saturated carbocycles. The summed E-state index contributed by atoms with van der Waals surface area (Å²) in [5.74, 6) is -6.71. The molecule has 1 aliphatic rings. The van der Waals surface area contributed by atoms with E-state index >= 15 is 0 Å². The molecule has 0 radical (unpaired) electrons. The van der Waals surface area contributed by atoms with E-state index in [0.717, 1.165) is 18.3 Å². The number of carbonyl (C=O) groups is 5. The molecule has 3 rings (SSSR count). The summed E-state index contributed by atoms with van der Waals surface area (Å²) >= 11 is 0.822. The molecular formula is C31H36F6N4O6S. The molecule has 1 saturated heterocycles. The second-order valence-corrected chi connectivity index (χ2v) is 11.8. The minimum atomic E-state index is -5.08. The predicted molar refractivity (Wildman–Crippen MR) is 165 cm³/mol. The lowest BCUT2D eigenvalue weighted by atomic mass is 9.98. The van der Waals surface area contributed by atoms with Crippen molar-refractivity contribution in [2.45, 2.75) is 56.7 Å². The van der Waals surface area contributed by atoms with Crippen LogP contribution < -0.4 is 11.1 Å². The van der Waals surface area contributed by atoms with E-state index < -0.39 is 53.6 Å². The van der Waals surface area contributed by atoms with E-state index in [1.165, 1.54) is 10.5 Å². The molecular weight excluding hydrogens is 670 g/mol. The van der Waals surface area contributed by atoms with Gasteiger partial charge < -0.3 is 21.1 Å². The number of nitrogens with zero attached hydrogens (tertiary/aromatic N) is 2. The number of thioether (sulfide) groups is 1. The van der Waals surface area contributed by atoms with E-state index in [0.29, 0.717) is 31.5 Å². The molecule has 4 N–H and O–H groups in total. The van der Waals surface area contributed by atoms with Crippen LogP contribution in [-0.2, 0) is 25.7 Å². The van der Waals surface area contributed by atoms with Gasteiger partial charge in [-0.15, -0.1) is 0 Å². The highest BCUT2D eigenvalue weighted by molar-refractivity contribution is 7.99. The van der Waals surface area contributed by atoms with Crippen LogP contribution in [0, 0.1) is 0 Å². The van der Waals surface area contributed by atoms with E-state index in [1.807, 2.05) is 30.3 Å². The number of carboxylic acids is 1. The monoisotopic (exact) mass is 706 g/mol. The third-order valence-corrected chi connectivity index (χ3v) is 8.19. The number of piperidine rings is 1. The zero-order valence-electron chi connectivity index (χ0n) is 25.6. The zero-order chi connectivity index (χ0) is 35.9. The SMILES string of the molecule is NC(=O)[C@H](CCCSCC(=O)C(F)(F)F)N(C(=O)CNC(=O)c1ccccc1)C1CCN(Cc2ccccc2)CC1.O=C(O)C(F)(F)F. The summed E-state index contributed by atoms with van der Waals surface area (Å²) in [5.41, 5.74) is 7.29. The van der Waals surface area contributed by atoms with Gasteiger partial charge in [0.05, 0.1) is 12.3 Å². The fourth-order valence-electron chi connectivity index (χ4n) is 4.81. The van der Waals surface area contributed by atoms with Crippen molar-refractivity contribution in [3.8, 4) is 0 Å². The predicted octanol–water partition coefficient (Wildman–Crippen LogP) is 4.04. The van der Waals surface area contributed by atoms with Gasteiger partial charge in [0.1, 0.15) is 6.04 Å². The third-order valence-electron chi connectivity index (χ3n) is 7.15. The molecule has 1 heterocycles. The van der Waals surface area contributed by atoms with E-state index in [4.69, 9.17) is 15.6 Å². The Bertz CT molecular complexity index is 1360. The number of aliphatic carboxylic acids is 1. The van der Waals surface area contributed by atoms with Gasteiger partial charge in [0.15, 0.2) is 0 Å². The van der Waals surface area contributed by atoms with Crippen LogP contribution >= 0.6 is 11.8 Å². The average molecular weight is 707 g/mol. The molecule has 0 aromatic heterocycles. The molecule has 3 amide bonds. The highest BCUT2D eigenvalue weighted by atomic mass is 32.2. The molecule has 1 aliphatic heterocycles. The van der Waals surface area contributed by atoms with Crippen LogP contribution in [0.1, 0.15) is 41.6 Å². The van der Waals surface area contributed by atoms with Crippen molar-refractivity contribution in [2.75, 3.05) is 31.1 Å². The third kappa shape index (κ3) is 13.9. The van der Waals surface area contributed by atoms with E-state index in [9.17, 15) is 45.5 Å². The molecule has 17 heteroatoms. The Labute approximate surface area is 277 Å². The average Bonchev–Trinajstić information content (AvgIpc) is 3.03. The molecule has 0 spiro atoms.